The van der Waals surface area contributed by atoms with Gasteiger partial charge >= 0.3 is 5.91 Å². The minimum Gasteiger partial charge on any atom is -0.507 e. The minimum absolute atomic E-state index is 0.139. The average Bonchev–Trinajstić information content (AvgIpc) is 3.54. The molecule has 0 radical (unpaired) electrons. The molecule has 1 aliphatic rings. The molecular formula is C28H22N4O6S2. The van der Waals surface area contributed by atoms with Crippen molar-refractivity contribution in [2.24, 2.45) is 0 Å². The number of benzene rings is 3. The van der Waals surface area contributed by atoms with Crippen LogP contribution >= 0.6 is 23.1 Å². The fourth-order valence-corrected chi connectivity index (χ4v) is 6.09. The summed E-state index contributed by atoms with van der Waals surface area (Å²) < 4.78 is 6.02. The summed E-state index contributed by atoms with van der Waals surface area (Å²) in [5, 5.41) is 31.3. The quantitative estimate of drug-likeness (QED) is 0.0503. The van der Waals surface area contributed by atoms with Gasteiger partial charge < -0.3 is 9.84 Å². The summed E-state index contributed by atoms with van der Waals surface area (Å²) in [5.41, 5.74) is 1.21. The molecule has 1 atom stereocenters. The standard InChI is InChI=1S/C28H22N4O6S2/c1-2-38-21-13-11-18(12-14-21)24(33)22-23(19-9-6-10-20(15-19)32(36)37)31(26(35)25(22)34)27-29-30-28(40-27)39-16-17-7-4-3-5-8-17/h3-15,23,33H,2,16H2,1H3/b24-22-. The number of hydrogen-bond acceptors (Lipinski definition) is 10. The molecule has 3 aromatic carbocycles. The van der Waals surface area contributed by atoms with E-state index in [1.807, 2.05) is 37.3 Å². The van der Waals surface area contributed by atoms with Gasteiger partial charge in [0.05, 0.1) is 23.1 Å². The molecule has 12 heteroatoms. The van der Waals surface area contributed by atoms with Gasteiger partial charge in [-0.3, -0.25) is 24.6 Å². The van der Waals surface area contributed by atoms with Crippen LogP contribution < -0.4 is 9.64 Å². The molecule has 1 saturated heterocycles. The van der Waals surface area contributed by atoms with Crippen LogP contribution in [0.15, 0.2) is 88.8 Å². The van der Waals surface area contributed by atoms with Crippen molar-refractivity contribution in [3.05, 3.63) is 111 Å². The molecule has 40 heavy (non-hydrogen) atoms. The Morgan fingerprint density at radius 1 is 1.07 bits per heavy atom. The van der Waals surface area contributed by atoms with E-state index in [0.717, 1.165) is 21.8 Å². The Balaban J connectivity index is 1.57. The summed E-state index contributed by atoms with van der Waals surface area (Å²) in [6.07, 6.45) is 0. The van der Waals surface area contributed by atoms with Crippen LogP contribution in [0.5, 0.6) is 5.75 Å². The molecule has 2 heterocycles. The summed E-state index contributed by atoms with van der Waals surface area (Å²) in [4.78, 5) is 38.9. The molecule has 1 fully saturated rings. The molecule has 0 spiro atoms. The number of carbonyl (C=O) groups excluding carboxylic acids is 2. The first-order chi connectivity index (χ1) is 19.4. The zero-order valence-electron chi connectivity index (χ0n) is 21.1. The number of anilines is 1. The van der Waals surface area contributed by atoms with E-state index in [9.17, 15) is 24.8 Å². The fraction of sp³-hybridized carbons (Fsp3) is 0.143. The normalized spacial score (nSPS) is 16.3. The number of rotatable bonds is 9. The van der Waals surface area contributed by atoms with Crippen LogP contribution in [0.2, 0.25) is 0 Å². The van der Waals surface area contributed by atoms with Gasteiger partial charge in [0.2, 0.25) is 5.13 Å². The average molecular weight is 575 g/mol. The van der Waals surface area contributed by atoms with Crippen LogP contribution in [0.4, 0.5) is 10.8 Å². The lowest BCUT2D eigenvalue weighted by atomic mass is 9.95. The molecule has 4 aromatic rings. The minimum atomic E-state index is -1.16. The molecular weight excluding hydrogens is 552 g/mol. The highest BCUT2D eigenvalue weighted by Gasteiger charge is 2.48. The van der Waals surface area contributed by atoms with Gasteiger partial charge in [0.1, 0.15) is 11.5 Å². The highest BCUT2D eigenvalue weighted by atomic mass is 32.2. The number of thioether (sulfide) groups is 1. The number of aliphatic hydroxyl groups is 1. The van der Waals surface area contributed by atoms with Crippen molar-refractivity contribution in [2.45, 2.75) is 23.1 Å². The monoisotopic (exact) mass is 574 g/mol. The predicted molar refractivity (Wildman–Crippen MR) is 151 cm³/mol. The molecule has 0 aliphatic carbocycles. The Kier molecular flexibility index (Phi) is 7.89. The number of hydrogen-bond donors (Lipinski definition) is 1. The van der Waals surface area contributed by atoms with Crippen molar-refractivity contribution in [1.29, 1.82) is 0 Å². The third-order valence-corrected chi connectivity index (χ3v) is 8.21. The van der Waals surface area contributed by atoms with Gasteiger partial charge in [0.15, 0.2) is 4.34 Å². The van der Waals surface area contributed by atoms with Crippen molar-refractivity contribution < 1.29 is 24.4 Å². The predicted octanol–water partition coefficient (Wildman–Crippen LogP) is 5.76. The first-order valence-corrected chi connectivity index (χ1v) is 14.0. The number of nitrogens with zero attached hydrogens (tertiary/aromatic N) is 4. The Morgan fingerprint density at radius 2 is 1.82 bits per heavy atom. The number of ketones is 1. The first kappa shape index (κ1) is 27.0. The third-order valence-electron chi connectivity index (χ3n) is 6.09. The van der Waals surface area contributed by atoms with Crippen molar-refractivity contribution in [1.82, 2.24) is 10.2 Å². The van der Waals surface area contributed by atoms with Crippen molar-refractivity contribution in [3.8, 4) is 5.75 Å². The molecule has 1 N–H and O–H groups in total. The van der Waals surface area contributed by atoms with Gasteiger partial charge in [0.25, 0.3) is 11.5 Å². The lowest BCUT2D eigenvalue weighted by Gasteiger charge is -2.22. The van der Waals surface area contributed by atoms with Crippen LogP contribution in [-0.4, -0.2) is 38.5 Å². The molecule has 1 amide bonds. The Hall–Kier alpha value is -4.55. The van der Waals surface area contributed by atoms with Crippen molar-refractivity contribution in [3.63, 3.8) is 0 Å². The topological polar surface area (TPSA) is 136 Å². The number of Topliss-reactive ketones (excluding diaryl/α,β-unsaturated/α-hetero) is 1. The smallest absolute Gasteiger partial charge is 0.301 e. The molecule has 1 aromatic heterocycles. The molecule has 0 bridgehead atoms. The van der Waals surface area contributed by atoms with Crippen LogP contribution in [-0.2, 0) is 15.3 Å². The zero-order chi connectivity index (χ0) is 28.2. The van der Waals surface area contributed by atoms with Crippen LogP contribution in [0.25, 0.3) is 5.76 Å². The van der Waals surface area contributed by atoms with E-state index < -0.39 is 28.4 Å². The Morgan fingerprint density at radius 3 is 2.52 bits per heavy atom. The number of ether oxygens (including phenoxy) is 1. The number of nitro groups is 1. The maximum Gasteiger partial charge on any atom is 0.301 e. The maximum atomic E-state index is 13.4. The lowest BCUT2D eigenvalue weighted by molar-refractivity contribution is -0.384. The summed E-state index contributed by atoms with van der Waals surface area (Å²) in [6, 6.07) is 20.6. The summed E-state index contributed by atoms with van der Waals surface area (Å²) in [6.45, 7) is 2.30. The van der Waals surface area contributed by atoms with Crippen LogP contribution in [0.1, 0.15) is 29.7 Å². The van der Waals surface area contributed by atoms with E-state index in [4.69, 9.17) is 4.74 Å². The largest absolute Gasteiger partial charge is 0.507 e. The molecule has 202 valence electrons. The highest BCUT2D eigenvalue weighted by molar-refractivity contribution is 8.00. The summed E-state index contributed by atoms with van der Waals surface area (Å²) in [5.74, 6) is -1.07. The number of non-ortho nitro benzene ring substituents is 1. The van der Waals surface area contributed by atoms with E-state index in [1.165, 1.54) is 30.0 Å². The van der Waals surface area contributed by atoms with E-state index in [0.29, 0.717) is 22.4 Å². The fourth-order valence-electron chi connectivity index (χ4n) is 4.26. The second-order valence-electron chi connectivity index (χ2n) is 8.60. The van der Waals surface area contributed by atoms with Gasteiger partial charge in [-0.05, 0) is 42.3 Å². The molecule has 5 rings (SSSR count). The Labute approximate surface area is 237 Å². The molecule has 1 unspecified atom stereocenters. The lowest BCUT2D eigenvalue weighted by Crippen LogP contribution is -2.29. The van der Waals surface area contributed by atoms with Crippen LogP contribution in [0, 0.1) is 10.1 Å². The maximum absolute atomic E-state index is 13.4. The van der Waals surface area contributed by atoms with E-state index in [2.05, 4.69) is 10.2 Å². The number of nitro benzene ring substituents is 1. The SMILES string of the molecule is CCOc1ccc(/C(O)=C2/C(=O)C(=O)N(c3nnc(SCc4ccccc4)s3)C2c2cccc([N+](=O)[O-])c2)cc1. The van der Waals surface area contributed by atoms with Gasteiger partial charge in [-0.15, -0.1) is 10.2 Å². The second kappa shape index (κ2) is 11.7. The highest BCUT2D eigenvalue weighted by Crippen LogP contribution is 2.44. The van der Waals surface area contributed by atoms with Crippen molar-refractivity contribution in [2.75, 3.05) is 11.5 Å². The van der Waals surface area contributed by atoms with E-state index in [-0.39, 0.29) is 27.5 Å². The molecule has 1 aliphatic heterocycles. The van der Waals surface area contributed by atoms with Gasteiger partial charge in [0, 0.05) is 23.4 Å². The summed E-state index contributed by atoms with van der Waals surface area (Å²) in [7, 11) is 0. The number of aliphatic hydroxyl groups excluding tert-OH is 1. The Bertz CT molecular complexity index is 1600. The first-order valence-electron chi connectivity index (χ1n) is 12.2. The summed E-state index contributed by atoms with van der Waals surface area (Å²) >= 11 is 2.55. The molecule has 10 nitrogen and oxygen atoms in total. The number of aromatic nitrogens is 2. The van der Waals surface area contributed by atoms with E-state index in [1.54, 1.807) is 30.3 Å². The number of amides is 1. The van der Waals surface area contributed by atoms with Crippen LogP contribution in [0.3, 0.4) is 0 Å². The second-order valence-corrected chi connectivity index (χ2v) is 10.8. The van der Waals surface area contributed by atoms with Gasteiger partial charge in [-0.25, -0.2) is 0 Å². The molecule has 0 saturated carbocycles. The van der Waals surface area contributed by atoms with Gasteiger partial charge in [-0.1, -0.05) is 65.6 Å². The van der Waals surface area contributed by atoms with Gasteiger partial charge in [-0.2, -0.15) is 0 Å². The van der Waals surface area contributed by atoms with Crippen molar-refractivity contribution >= 4 is 51.4 Å². The zero-order valence-corrected chi connectivity index (χ0v) is 22.7. The van der Waals surface area contributed by atoms with E-state index >= 15 is 0 Å². The number of carbonyl (C=O) groups is 2. The third kappa shape index (κ3) is 5.44.